The molecule has 0 atom stereocenters. The number of pyridine rings is 1. The maximum atomic E-state index is 13.5. The molecule has 0 bridgehead atoms. The Hall–Kier alpha value is -1.48. The van der Waals surface area contributed by atoms with Crippen LogP contribution >= 0.6 is 15.9 Å². The van der Waals surface area contributed by atoms with Gasteiger partial charge in [-0.05, 0) is 30.3 Å². The lowest BCUT2D eigenvalue weighted by molar-refractivity contribution is 0.637. The molecule has 3 aromatic rings. The molecule has 0 saturated carbocycles. The van der Waals surface area contributed by atoms with Crippen molar-refractivity contribution in [2.45, 2.75) is 0 Å². The van der Waals surface area contributed by atoms with E-state index in [1.54, 1.807) is 6.07 Å². The number of rotatable bonds is 0. The van der Waals surface area contributed by atoms with Gasteiger partial charge in [0.05, 0.1) is 5.52 Å². The lowest BCUT2D eigenvalue weighted by atomic mass is 10.1. The van der Waals surface area contributed by atoms with Crippen LogP contribution in [0, 0.1) is 5.82 Å². The third kappa shape index (κ3) is 1.48. The SMILES string of the molecule is Fc1cccc2cc3cc(Br)ccc3nc12. The molecular weight excluding hydrogens is 269 g/mol. The molecule has 0 amide bonds. The zero-order chi connectivity index (χ0) is 11.1. The predicted octanol–water partition coefficient (Wildman–Crippen LogP) is 4.29. The second-order valence-electron chi connectivity index (χ2n) is 3.64. The van der Waals surface area contributed by atoms with Crippen LogP contribution in [-0.2, 0) is 0 Å². The Labute approximate surface area is 100 Å². The molecule has 2 aromatic carbocycles. The van der Waals surface area contributed by atoms with E-state index in [0.717, 1.165) is 20.8 Å². The van der Waals surface area contributed by atoms with Crippen molar-refractivity contribution in [3.05, 3.63) is 52.8 Å². The second-order valence-corrected chi connectivity index (χ2v) is 4.55. The molecule has 0 aliphatic rings. The quantitative estimate of drug-likeness (QED) is 0.558. The fourth-order valence-corrected chi connectivity index (χ4v) is 2.18. The third-order valence-electron chi connectivity index (χ3n) is 2.55. The van der Waals surface area contributed by atoms with Crippen LogP contribution in [0.5, 0.6) is 0 Å². The predicted molar refractivity (Wildman–Crippen MR) is 66.9 cm³/mol. The molecule has 3 rings (SSSR count). The molecule has 0 unspecified atom stereocenters. The van der Waals surface area contributed by atoms with Gasteiger partial charge >= 0.3 is 0 Å². The Balaban J connectivity index is 2.49. The fraction of sp³-hybridized carbons (Fsp3) is 0. The summed E-state index contributed by atoms with van der Waals surface area (Å²) in [5.41, 5.74) is 1.23. The maximum absolute atomic E-state index is 13.5. The number of hydrogen-bond acceptors (Lipinski definition) is 1. The normalized spacial score (nSPS) is 11.1. The molecule has 78 valence electrons. The van der Waals surface area contributed by atoms with Crippen LogP contribution in [0.3, 0.4) is 0 Å². The van der Waals surface area contributed by atoms with Gasteiger partial charge in [-0.15, -0.1) is 0 Å². The van der Waals surface area contributed by atoms with Crippen molar-refractivity contribution in [3.8, 4) is 0 Å². The molecule has 16 heavy (non-hydrogen) atoms. The minimum atomic E-state index is -0.276. The first-order valence-electron chi connectivity index (χ1n) is 4.88. The zero-order valence-corrected chi connectivity index (χ0v) is 9.83. The molecule has 0 radical (unpaired) electrons. The van der Waals surface area contributed by atoms with Gasteiger partial charge in [0.25, 0.3) is 0 Å². The van der Waals surface area contributed by atoms with E-state index in [4.69, 9.17) is 0 Å². The largest absolute Gasteiger partial charge is 0.245 e. The highest BCUT2D eigenvalue weighted by Gasteiger charge is 2.04. The minimum absolute atomic E-state index is 0.276. The summed E-state index contributed by atoms with van der Waals surface area (Å²) in [7, 11) is 0. The summed E-state index contributed by atoms with van der Waals surface area (Å²) < 4.78 is 14.5. The summed E-state index contributed by atoms with van der Waals surface area (Å²) in [6, 6.07) is 12.7. The first-order chi connectivity index (χ1) is 7.74. The Kier molecular flexibility index (Phi) is 2.14. The molecule has 0 spiro atoms. The standard InChI is InChI=1S/C13H7BrFN/c14-10-4-5-12-9(7-10)6-8-2-1-3-11(15)13(8)16-12/h1-7H. The van der Waals surface area contributed by atoms with Gasteiger partial charge < -0.3 is 0 Å². The number of halogens is 2. The number of hydrogen-bond donors (Lipinski definition) is 0. The van der Waals surface area contributed by atoms with E-state index >= 15 is 0 Å². The van der Waals surface area contributed by atoms with Crippen LogP contribution in [0.4, 0.5) is 4.39 Å². The summed E-state index contributed by atoms with van der Waals surface area (Å²) in [5.74, 6) is -0.276. The fourth-order valence-electron chi connectivity index (χ4n) is 1.80. The van der Waals surface area contributed by atoms with Gasteiger partial charge in [-0.3, -0.25) is 0 Å². The summed E-state index contributed by atoms with van der Waals surface area (Å²) in [6.45, 7) is 0. The zero-order valence-electron chi connectivity index (χ0n) is 8.24. The smallest absolute Gasteiger partial charge is 0.149 e. The average Bonchev–Trinajstić information content (AvgIpc) is 2.27. The molecular formula is C13H7BrFN. The van der Waals surface area contributed by atoms with Crippen LogP contribution in [0.25, 0.3) is 21.8 Å². The van der Waals surface area contributed by atoms with E-state index in [1.807, 2.05) is 30.3 Å². The van der Waals surface area contributed by atoms with Crippen molar-refractivity contribution in [2.24, 2.45) is 0 Å². The van der Waals surface area contributed by atoms with Gasteiger partial charge in [-0.2, -0.15) is 0 Å². The summed E-state index contributed by atoms with van der Waals surface area (Å²) in [4.78, 5) is 4.32. The monoisotopic (exact) mass is 275 g/mol. The minimum Gasteiger partial charge on any atom is -0.245 e. The Morgan fingerprint density at radius 2 is 1.88 bits per heavy atom. The number of nitrogens with zero attached hydrogens (tertiary/aromatic N) is 1. The molecule has 1 heterocycles. The van der Waals surface area contributed by atoms with E-state index in [9.17, 15) is 4.39 Å². The molecule has 0 saturated heterocycles. The van der Waals surface area contributed by atoms with Crippen LogP contribution in [0.1, 0.15) is 0 Å². The first kappa shape index (κ1) is 9.73. The van der Waals surface area contributed by atoms with E-state index in [-0.39, 0.29) is 5.82 Å². The lowest BCUT2D eigenvalue weighted by Gasteiger charge is -2.02. The Morgan fingerprint density at radius 1 is 1.00 bits per heavy atom. The van der Waals surface area contributed by atoms with Crippen molar-refractivity contribution in [1.82, 2.24) is 4.98 Å². The van der Waals surface area contributed by atoms with Crippen molar-refractivity contribution < 1.29 is 4.39 Å². The number of fused-ring (bicyclic) bond motifs is 2. The Morgan fingerprint density at radius 3 is 2.75 bits per heavy atom. The van der Waals surface area contributed by atoms with Crippen LogP contribution < -0.4 is 0 Å². The van der Waals surface area contributed by atoms with Crippen LogP contribution in [-0.4, -0.2) is 4.98 Å². The third-order valence-corrected chi connectivity index (χ3v) is 3.04. The van der Waals surface area contributed by atoms with Crippen molar-refractivity contribution in [3.63, 3.8) is 0 Å². The Bertz CT molecular complexity index is 693. The van der Waals surface area contributed by atoms with E-state index in [2.05, 4.69) is 20.9 Å². The number of para-hydroxylation sites is 1. The van der Waals surface area contributed by atoms with Gasteiger partial charge in [0.2, 0.25) is 0 Å². The lowest BCUT2D eigenvalue weighted by Crippen LogP contribution is -1.86. The van der Waals surface area contributed by atoms with Gasteiger partial charge in [0.15, 0.2) is 0 Å². The van der Waals surface area contributed by atoms with E-state index in [1.165, 1.54) is 6.07 Å². The molecule has 0 aliphatic carbocycles. The molecule has 0 N–H and O–H groups in total. The average molecular weight is 276 g/mol. The first-order valence-corrected chi connectivity index (χ1v) is 5.68. The highest BCUT2D eigenvalue weighted by atomic mass is 79.9. The second kappa shape index (κ2) is 3.52. The molecule has 1 aromatic heterocycles. The van der Waals surface area contributed by atoms with Gasteiger partial charge in [-0.25, -0.2) is 9.37 Å². The summed E-state index contributed by atoms with van der Waals surface area (Å²) in [6.07, 6.45) is 0. The number of benzene rings is 2. The summed E-state index contributed by atoms with van der Waals surface area (Å²) >= 11 is 3.41. The highest BCUT2D eigenvalue weighted by molar-refractivity contribution is 9.10. The highest BCUT2D eigenvalue weighted by Crippen LogP contribution is 2.24. The van der Waals surface area contributed by atoms with Crippen molar-refractivity contribution in [1.29, 1.82) is 0 Å². The van der Waals surface area contributed by atoms with E-state index < -0.39 is 0 Å². The number of aromatic nitrogens is 1. The van der Waals surface area contributed by atoms with Crippen molar-refractivity contribution in [2.75, 3.05) is 0 Å². The van der Waals surface area contributed by atoms with Crippen molar-refractivity contribution >= 4 is 37.7 Å². The molecule has 0 aliphatic heterocycles. The molecule has 1 nitrogen and oxygen atoms in total. The maximum Gasteiger partial charge on any atom is 0.149 e. The van der Waals surface area contributed by atoms with Gasteiger partial charge in [-0.1, -0.05) is 28.1 Å². The summed E-state index contributed by atoms with van der Waals surface area (Å²) in [5, 5.41) is 1.83. The van der Waals surface area contributed by atoms with Crippen LogP contribution in [0.2, 0.25) is 0 Å². The van der Waals surface area contributed by atoms with E-state index in [0.29, 0.717) is 5.52 Å². The molecule has 0 fully saturated rings. The molecule has 3 heteroatoms. The van der Waals surface area contributed by atoms with Gasteiger partial charge in [0.1, 0.15) is 11.3 Å². The topological polar surface area (TPSA) is 12.9 Å². The van der Waals surface area contributed by atoms with Crippen LogP contribution in [0.15, 0.2) is 46.9 Å². The van der Waals surface area contributed by atoms with Gasteiger partial charge in [0, 0.05) is 15.2 Å².